The third kappa shape index (κ3) is 6.00. The maximum absolute atomic E-state index is 3.53. The van der Waals surface area contributed by atoms with E-state index in [0.717, 1.165) is 39.3 Å². The second-order valence-corrected chi connectivity index (χ2v) is 9.43. The molecule has 4 nitrogen and oxygen atoms in total. The Morgan fingerprint density at radius 3 is 1.47 bits per heavy atom. The average Bonchev–Trinajstić information content (AvgIpc) is 2.81. The van der Waals surface area contributed by atoms with Gasteiger partial charge in [-0.3, -0.25) is 0 Å². The molecule has 0 aliphatic heterocycles. The lowest BCUT2D eigenvalue weighted by atomic mass is 9.97. The van der Waals surface area contributed by atoms with Gasteiger partial charge >= 0.3 is 0 Å². The van der Waals surface area contributed by atoms with Gasteiger partial charge in [-0.05, 0) is 93.0 Å². The third-order valence-corrected chi connectivity index (χ3v) is 6.88. The summed E-state index contributed by atoms with van der Waals surface area (Å²) in [5, 5.41) is 0. The van der Waals surface area contributed by atoms with Crippen LogP contribution in [0.4, 0.5) is 22.7 Å². The Kier molecular flexibility index (Phi) is 10.6. The Bertz CT molecular complexity index is 836. The summed E-state index contributed by atoms with van der Waals surface area (Å²) in [5.41, 5.74) is 7.75. The van der Waals surface area contributed by atoms with E-state index >= 15 is 0 Å². The van der Waals surface area contributed by atoms with Crippen LogP contribution in [0, 0.1) is 6.07 Å². The van der Waals surface area contributed by atoms with Crippen LogP contribution in [0.15, 0.2) is 30.3 Å². The van der Waals surface area contributed by atoms with Gasteiger partial charge in [0.15, 0.2) is 0 Å². The maximum Gasteiger partial charge on any atom is 0.0487 e. The van der Waals surface area contributed by atoms with Crippen molar-refractivity contribution in [2.45, 2.75) is 81.3 Å². The quantitative estimate of drug-likeness (QED) is 0.307. The van der Waals surface area contributed by atoms with Crippen molar-refractivity contribution < 1.29 is 0 Å². The smallest absolute Gasteiger partial charge is 0.0487 e. The van der Waals surface area contributed by atoms with E-state index in [-0.39, 0.29) is 0 Å². The Labute approximate surface area is 210 Å². The highest BCUT2D eigenvalue weighted by molar-refractivity contribution is 5.93. The standard InChI is InChI=1S/C30H49N4/c1-11-31(12-2)27-21-28(32(13-3)14-4)30(29(22-27)33(15-5)16-6)25-18-17-19-26(20-25)34(23(7)8)24(9)10/h17-18,20-24H,11-16H2,1-10H3. The molecule has 0 N–H and O–H groups in total. The highest BCUT2D eigenvalue weighted by Gasteiger charge is 2.22. The molecule has 2 aromatic carbocycles. The summed E-state index contributed by atoms with van der Waals surface area (Å²) in [6.07, 6.45) is 0. The third-order valence-electron chi connectivity index (χ3n) is 6.88. The fourth-order valence-corrected chi connectivity index (χ4v) is 5.20. The molecule has 4 heteroatoms. The fourth-order valence-electron chi connectivity index (χ4n) is 5.20. The molecular weight excluding hydrogens is 416 g/mol. The number of nitrogens with zero attached hydrogens (tertiary/aromatic N) is 4. The molecule has 0 atom stereocenters. The van der Waals surface area contributed by atoms with Crippen LogP contribution in [-0.4, -0.2) is 51.4 Å². The predicted octanol–water partition coefficient (Wildman–Crippen LogP) is 7.32. The van der Waals surface area contributed by atoms with Gasteiger partial charge in [-0.1, -0.05) is 12.1 Å². The first kappa shape index (κ1) is 27.9. The molecule has 0 bridgehead atoms. The highest BCUT2D eigenvalue weighted by atomic mass is 15.2. The molecule has 0 aliphatic rings. The minimum absolute atomic E-state index is 0.418. The zero-order chi connectivity index (χ0) is 25.4. The molecule has 189 valence electrons. The van der Waals surface area contributed by atoms with Crippen molar-refractivity contribution in [3.8, 4) is 11.1 Å². The Morgan fingerprint density at radius 2 is 1.09 bits per heavy atom. The molecular formula is C30H49N4. The van der Waals surface area contributed by atoms with Crippen LogP contribution in [0.1, 0.15) is 69.2 Å². The summed E-state index contributed by atoms with van der Waals surface area (Å²) < 4.78 is 0. The van der Waals surface area contributed by atoms with Crippen molar-refractivity contribution >= 4 is 22.7 Å². The number of hydrogen-bond donors (Lipinski definition) is 0. The van der Waals surface area contributed by atoms with E-state index in [1.54, 1.807) is 0 Å². The van der Waals surface area contributed by atoms with Gasteiger partial charge in [0.1, 0.15) is 0 Å². The SMILES string of the molecule is CCN(CC)c1cc(N(CC)CC)c(-c2cc[c]c(N(C(C)C)C(C)C)c2)c(N(CC)CC)c1. The van der Waals surface area contributed by atoms with E-state index in [0.29, 0.717) is 12.1 Å². The van der Waals surface area contributed by atoms with Crippen LogP contribution < -0.4 is 19.6 Å². The zero-order valence-corrected chi connectivity index (χ0v) is 23.6. The van der Waals surface area contributed by atoms with Crippen molar-refractivity contribution in [1.29, 1.82) is 0 Å². The van der Waals surface area contributed by atoms with Gasteiger partial charge in [0, 0.05) is 85.7 Å². The largest absolute Gasteiger partial charge is 0.372 e. The van der Waals surface area contributed by atoms with Crippen LogP contribution in [0.2, 0.25) is 0 Å². The van der Waals surface area contributed by atoms with E-state index in [1.165, 1.54) is 33.9 Å². The first-order valence-corrected chi connectivity index (χ1v) is 13.5. The average molecular weight is 466 g/mol. The van der Waals surface area contributed by atoms with E-state index in [1.807, 2.05) is 0 Å². The summed E-state index contributed by atoms with van der Waals surface area (Å²) >= 11 is 0. The number of anilines is 4. The lowest BCUT2D eigenvalue weighted by molar-refractivity contribution is 0.608. The molecule has 0 saturated carbocycles. The van der Waals surface area contributed by atoms with Crippen LogP contribution in [0.3, 0.4) is 0 Å². The highest BCUT2D eigenvalue weighted by Crippen LogP contribution is 2.44. The van der Waals surface area contributed by atoms with Gasteiger partial charge in [-0.25, -0.2) is 0 Å². The monoisotopic (exact) mass is 465 g/mol. The normalized spacial score (nSPS) is 11.3. The molecule has 0 unspecified atom stereocenters. The summed E-state index contributed by atoms with van der Waals surface area (Å²) in [6, 6.07) is 15.9. The lowest BCUT2D eigenvalue weighted by Crippen LogP contribution is -2.37. The van der Waals surface area contributed by atoms with Gasteiger partial charge in [-0.2, -0.15) is 0 Å². The van der Waals surface area contributed by atoms with Crippen molar-refractivity contribution in [3.63, 3.8) is 0 Å². The molecule has 1 radical (unpaired) electrons. The second kappa shape index (κ2) is 12.9. The van der Waals surface area contributed by atoms with Crippen molar-refractivity contribution in [3.05, 3.63) is 36.4 Å². The molecule has 0 heterocycles. The fraction of sp³-hybridized carbons (Fsp3) is 0.600. The second-order valence-electron chi connectivity index (χ2n) is 9.43. The van der Waals surface area contributed by atoms with Gasteiger partial charge < -0.3 is 19.6 Å². The Morgan fingerprint density at radius 1 is 0.647 bits per heavy atom. The molecule has 0 aliphatic carbocycles. The molecule has 0 aromatic heterocycles. The topological polar surface area (TPSA) is 13.0 Å². The minimum atomic E-state index is 0.418. The molecule has 0 fully saturated rings. The summed E-state index contributed by atoms with van der Waals surface area (Å²) in [5.74, 6) is 0. The van der Waals surface area contributed by atoms with Crippen LogP contribution in [0.5, 0.6) is 0 Å². The molecule has 2 aromatic rings. The van der Waals surface area contributed by atoms with E-state index in [4.69, 9.17) is 0 Å². The van der Waals surface area contributed by atoms with Crippen molar-refractivity contribution in [2.75, 3.05) is 58.9 Å². The van der Waals surface area contributed by atoms with Crippen molar-refractivity contribution in [1.82, 2.24) is 0 Å². The number of hydrogen-bond acceptors (Lipinski definition) is 4. The zero-order valence-electron chi connectivity index (χ0n) is 23.6. The predicted molar refractivity (Wildman–Crippen MR) is 154 cm³/mol. The molecule has 0 amide bonds. The Hall–Kier alpha value is -2.36. The van der Waals surface area contributed by atoms with E-state index < -0.39 is 0 Å². The van der Waals surface area contributed by atoms with Gasteiger partial charge in [0.2, 0.25) is 0 Å². The summed E-state index contributed by atoms with van der Waals surface area (Å²) in [6.45, 7) is 28.6. The molecule has 0 saturated heterocycles. The molecule has 2 rings (SSSR count). The van der Waals surface area contributed by atoms with E-state index in [2.05, 4.69) is 125 Å². The molecule has 34 heavy (non-hydrogen) atoms. The number of rotatable bonds is 13. The first-order chi connectivity index (χ1) is 16.3. The maximum atomic E-state index is 3.53. The van der Waals surface area contributed by atoms with E-state index in [9.17, 15) is 0 Å². The lowest BCUT2D eigenvalue weighted by Gasteiger charge is -2.35. The van der Waals surface area contributed by atoms with Crippen LogP contribution >= 0.6 is 0 Å². The molecule has 0 spiro atoms. The van der Waals surface area contributed by atoms with Gasteiger partial charge in [-0.15, -0.1) is 0 Å². The van der Waals surface area contributed by atoms with Gasteiger partial charge in [0.05, 0.1) is 0 Å². The van der Waals surface area contributed by atoms with Crippen molar-refractivity contribution in [2.24, 2.45) is 0 Å². The van der Waals surface area contributed by atoms with Crippen LogP contribution in [-0.2, 0) is 0 Å². The van der Waals surface area contributed by atoms with Gasteiger partial charge in [0.25, 0.3) is 0 Å². The first-order valence-electron chi connectivity index (χ1n) is 13.5. The minimum Gasteiger partial charge on any atom is -0.372 e. The summed E-state index contributed by atoms with van der Waals surface area (Å²) in [4.78, 5) is 9.94. The number of benzene rings is 2. The van der Waals surface area contributed by atoms with Crippen LogP contribution in [0.25, 0.3) is 11.1 Å². The summed E-state index contributed by atoms with van der Waals surface area (Å²) in [7, 11) is 0. The Balaban J connectivity index is 2.90.